The molecule has 0 bridgehead atoms. The van der Waals surface area contributed by atoms with Crippen molar-refractivity contribution >= 4 is 22.4 Å². The maximum absolute atomic E-state index is 12.4. The molecule has 1 aromatic carbocycles. The second kappa shape index (κ2) is 9.78. The van der Waals surface area contributed by atoms with Crippen LogP contribution in [0.4, 0.5) is 5.13 Å². The summed E-state index contributed by atoms with van der Waals surface area (Å²) < 4.78 is 5.70. The molecule has 0 radical (unpaired) electrons. The van der Waals surface area contributed by atoms with Crippen molar-refractivity contribution in [3.8, 4) is 5.75 Å². The average molecular weight is 382 g/mol. The number of ether oxygens (including phenoxy) is 1. The third kappa shape index (κ3) is 5.86. The predicted octanol–water partition coefficient (Wildman–Crippen LogP) is 4.50. The summed E-state index contributed by atoms with van der Waals surface area (Å²) in [5.74, 6) is 0.495. The zero-order valence-corrected chi connectivity index (χ0v) is 16.0. The van der Waals surface area contributed by atoms with E-state index in [0.29, 0.717) is 23.1 Å². The Hall–Kier alpha value is -2.80. The van der Waals surface area contributed by atoms with E-state index < -0.39 is 0 Å². The summed E-state index contributed by atoms with van der Waals surface area (Å²) in [5.41, 5.74) is 1.54. The van der Waals surface area contributed by atoms with Crippen LogP contribution >= 0.6 is 11.3 Å². The van der Waals surface area contributed by atoms with E-state index in [1.54, 1.807) is 36.7 Å². The van der Waals surface area contributed by atoms with Gasteiger partial charge in [-0.2, -0.15) is 0 Å². The molecule has 0 aliphatic carbocycles. The minimum atomic E-state index is -0.204. The molecule has 1 N–H and O–H groups in total. The highest BCUT2D eigenvalue weighted by molar-refractivity contribution is 7.15. The molecule has 3 rings (SSSR count). The molecule has 1 amide bonds. The Balaban J connectivity index is 1.51. The van der Waals surface area contributed by atoms with Crippen LogP contribution in [0.1, 0.15) is 47.1 Å². The number of hydrogen-bond donors (Lipinski definition) is 1. The minimum absolute atomic E-state index is 0.204. The van der Waals surface area contributed by atoms with Gasteiger partial charge in [-0.15, -0.1) is 10.2 Å². The smallest absolute Gasteiger partial charge is 0.257 e. The number of nitrogens with zero attached hydrogens (tertiary/aromatic N) is 3. The van der Waals surface area contributed by atoms with Crippen LogP contribution in [0.3, 0.4) is 0 Å². The van der Waals surface area contributed by atoms with Crippen molar-refractivity contribution in [1.29, 1.82) is 0 Å². The van der Waals surface area contributed by atoms with Gasteiger partial charge in [0.15, 0.2) is 0 Å². The highest BCUT2D eigenvalue weighted by Crippen LogP contribution is 2.19. The summed E-state index contributed by atoms with van der Waals surface area (Å²) in [4.78, 5) is 16.4. The Bertz CT molecular complexity index is 850. The van der Waals surface area contributed by atoms with Crippen molar-refractivity contribution in [2.24, 2.45) is 0 Å². The third-order valence-corrected chi connectivity index (χ3v) is 4.82. The molecule has 6 nitrogen and oxygen atoms in total. The number of aryl methyl sites for hydroxylation is 1. The summed E-state index contributed by atoms with van der Waals surface area (Å²) in [5, 5.41) is 12.5. The number of pyridine rings is 1. The van der Waals surface area contributed by atoms with Crippen LogP contribution in [0.25, 0.3) is 0 Å². The molecule has 0 fully saturated rings. The van der Waals surface area contributed by atoms with E-state index in [1.807, 2.05) is 12.1 Å². The fourth-order valence-corrected chi connectivity index (χ4v) is 3.23. The highest BCUT2D eigenvalue weighted by Gasteiger charge is 2.10. The normalized spacial score (nSPS) is 10.6. The zero-order chi connectivity index (χ0) is 18.9. The van der Waals surface area contributed by atoms with E-state index in [0.717, 1.165) is 23.4 Å². The summed E-state index contributed by atoms with van der Waals surface area (Å²) >= 11 is 1.43. The number of hydrogen-bond acceptors (Lipinski definition) is 6. The van der Waals surface area contributed by atoms with Gasteiger partial charge in [-0.1, -0.05) is 37.2 Å². The van der Waals surface area contributed by atoms with Crippen LogP contribution < -0.4 is 10.1 Å². The van der Waals surface area contributed by atoms with Gasteiger partial charge in [-0.05, 0) is 36.8 Å². The number of benzene rings is 1. The van der Waals surface area contributed by atoms with Gasteiger partial charge in [0.25, 0.3) is 5.91 Å². The second-order valence-electron chi connectivity index (χ2n) is 6.09. The number of carbonyl (C=O) groups is 1. The van der Waals surface area contributed by atoms with Crippen LogP contribution in [0.2, 0.25) is 0 Å². The topological polar surface area (TPSA) is 77.0 Å². The Labute approximate surface area is 162 Å². The van der Waals surface area contributed by atoms with Crippen LogP contribution in [-0.4, -0.2) is 21.1 Å². The van der Waals surface area contributed by atoms with Crippen LogP contribution in [0.5, 0.6) is 5.75 Å². The maximum atomic E-state index is 12.4. The highest BCUT2D eigenvalue weighted by atomic mass is 32.1. The van der Waals surface area contributed by atoms with Crippen LogP contribution in [0.15, 0.2) is 48.8 Å². The lowest BCUT2D eigenvalue weighted by molar-refractivity contribution is 0.102. The Morgan fingerprint density at radius 3 is 2.74 bits per heavy atom. The molecular formula is C20H22N4O2S. The van der Waals surface area contributed by atoms with E-state index in [2.05, 4.69) is 27.4 Å². The van der Waals surface area contributed by atoms with Gasteiger partial charge in [0.05, 0.1) is 0 Å². The van der Waals surface area contributed by atoms with E-state index in [1.165, 1.54) is 24.2 Å². The maximum Gasteiger partial charge on any atom is 0.257 e. The lowest BCUT2D eigenvalue weighted by Gasteiger charge is -2.07. The predicted molar refractivity (Wildman–Crippen MR) is 106 cm³/mol. The molecule has 27 heavy (non-hydrogen) atoms. The first-order chi connectivity index (χ1) is 13.2. The molecule has 140 valence electrons. The largest absolute Gasteiger partial charge is 0.489 e. The van der Waals surface area contributed by atoms with Crippen molar-refractivity contribution in [2.45, 2.75) is 39.2 Å². The first kappa shape index (κ1) is 19.0. The molecule has 0 atom stereocenters. The molecule has 3 aromatic rings. The Morgan fingerprint density at radius 2 is 2.00 bits per heavy atom. The number of carbonyl (C=O) groups excluding carboxylic acids is 1. The van der Waals surface area contributed by atoms with E-state index in [9.17, 15) is 4.79 Å². The quantitative estimate of drug-likeness (QED) is 0.552. The van der Waals surface area contributed by atoms with Crippen molar-refractivity contribution in [1.82, 2.24) is 15.2 Å². The van der Waals surface area contributed by atoms with Gasteiger partial charge in [-0.3, -0.25) is 15.1 Å². The van der Waals surface area contributed by atoms with Gasteiger partial charge in [0.1, 0.15) is 17.4 Å². The molecule has 0 aliphatic rings. The SMILES string of the molecule is CCCCCc1nnc(NC(=O)c2ccc(OCc3cccnc3)cc2)s1. The van der Waals surface area contributed by atoms with Crippen molar-refractivity contribution in [3.05, 3.63) is 64.9 Å². The molecule has 2 heterocycles. The van der Waals surface area contributed by atoms with Gasteiger partial charge in [0.2, 0.25) is 5.13 Å². The van der Waals surface area contributed by atoms with Gasteiger partial charge >= 0.3 is 0 Å². The number of rotatable bonds is 9. The first-order valence-electron chi connectivity index (χ1n) is 9.00. The van der Waals surface area contributed by atoms with E-state index in [-0.39, 0.29) is 5.91 Å². The van der Waals surface area contributed by atoms with Crippen LogP contribution in [0, 0.1) is 0 Å². The molecule has 0 unspecified atom stereocenters. The Morgan fingerprint density at radius 1 is 1.15 bits per heavy atom. The standard InChI is InChI=1S/C20H22N4O2S/c1-2-3-4-7-18-23-24-20(27-18)22-19(25)16-8-10-17(11-9-16)26-14-15-6-5-12-21-13-15/h5-6,8-13H,2-4,7,14H2,1H3,(H,22,24,25). The van der Waals surface area contributed by atoms with Crippen molar-refractivity contribution in [2.75, 3.05) is 5.32 Å². The van der Waals surface area contributed by atoms with E-state index in [4.69, 9.17) is 4.74 Å². The van der Waals surface area contributed by atoms with Crippen molar-refractivity contribution < 1.29 is 9.53 Å². The fraction of sp³-hybridized carbons (Fsp3) is 0.300. The third-order valence-electron chi connectivity index (χ3n) is 3.93. The minimum Gasteiger partial charge on any atom is -0.489 e. The first-order valence-corrected chi connectivity index (χ1v) is 9.81. The van der Waals surface area contributed by atoms with E-state index >= 15 is 0 Å². The lowest BCUT2D eigenvalue weighted by atomic mass is 10.2. The molecule has 0 saturated heterocycles. The summed E-state index contributed by atoms with van der Waals surface area (Å²) in [6.07, 6.45) is 7.84. The average Bonchev–Trinajstić information content (AvgIpc) is 3.15. The van der Waals surface area contributed by atoms with Gasteiger partial charge in [-0.25, -0.2) is 0 Å². The lowest BCUT2D eigenvalue weighted by Crippen LogP contribution is -2.11. The molecular weight excluding hydrogens is 360 g/mol. The summed E-state index contributed by atoms with van der Waals surface area (Å²) in [6, 6.07) is 10.8. The van der Waals surface area contributed by atoms with Gasteiger partial charge in [0, 0.05) is 29.9 Å². The fourth-order valence-electron chi connectivity index (χ4n) is 2.45. The monoisotopic (exact) mass is 382 g/mol. The molecule has 7 heteroatoms. The second-order valence-corrected chi connectivity index (χ2v) is 7.15. The number of unbranched alkanes of at least 4 members (excludes halogenated alkanes) is 2. The molecule has 2 aromatic heterocycles. The summed E-state index contributed by atoms with van der Waals surface area (Å²) in [6.45, 7) is 2.60. The molecule has 0 spiro atoms. The molecule has 0 saturated carbocycles. The number of amides is 1. The van der Waals surface area contributed by atoms with Crippen LogP contribution in [-0.2, 0) is 13.0 Å². The number of aromatic nitrogens is 3. The summed E-state index contributed by atoms with van der Waals surface area (Å²) in [7, 11) is 0. The van der Waals surface area contributed by atoms with Crippen molar-refractivity contribution in [3.63, 3.8) is 0 Å². The zero-order valence-electron chi connectivity index (χ0n) is 15.2. The number of nitrogens with one attached hydrogen (secondary N) is 1. The van der Waals surface area contributed by atoms with Gasteiger partial charge < -0.3 is 4.74 Å². The Kier molecular flexibility index (Phi) is 6.87. The molecule has 0 aliphatic heterocycles. The number of anilines is 1.